The minimum absolute atomic E-state index is 0.0337. The van der Waals surface area contributed by atoms with Gasteiger partial charge in [0.05, 0.1) is 12.2 Å². The number of rotatable bonds is 1. The highest BCUT2D eigenvalue weighted by Crippen LogP contribution is 2.36. The van der Waals surface area contributed by atoms with E-state index < -0.39 is 5.66 Å². The van der Waals surface area contributed by atoms with Gasteiger partial charge in [-0.1, -0.05) is 0 Å². The Morgan fingerprint density at radius 3 is 3.06 bits per heavy atom. The summed E-state index contributed by atoms with van der Waals surface area (Å²) in [6.45, 7) is 3.87. The second-order valence-corrected chi connectivity index (χ2v) is 4.64. The third-order valence-corrected chi connectivity index (χ3v) is 3.38. The molecule has 17 heavy (non-hydrogen) atoms. The lowest BCUT2D eigenvalue weighted by molar-refractivity contribution is 0.154. The summed E-state index contributed by atoms with van der Waals surface area (Å²) < 4.78 is 5.40. The minimum atomic E-state index is -0.552. The molecule has 0 saturated carbocycles. The largest absolute Gasteiger partial charge is 0.467 e. The number of fused-ring (bicyclic) bond motifs is 1. The number of carbonyl (C=O) groups excluding carboxylic acids is 1. The van der Waals surface area contributed by atoms with Crippen LogP contribution >= 0.6 is 0 Å². The van der Waals surface area contributed by atoms with Crippen LogP contribution in [-0.2, 0) is 0 Å². The SMILES string of the molecule is CC1=NN[C@]2(C)NC(=O)N[C@@H](c3ccco3)[C@@H]12. The average molecular weight is 234 g/mol. The Morgan fingerprint density at radius 2 is 2.35 bits per heavy atom. The molecule has 2 aliphatic heterocycles. The maximum Gasteiger partial charge on any atom is 0.317 e. The third-order valence-electron chi connectivity index (χ3n) is 3.38. The fourth-order valence-corrected chi connectivity index (χ4v) is 2.64. The van der Waals surface area contributed by atoms with E-state index in [9.17, 15) is 4.79 Å². The topological polar surface area (TPSA) is 78.7 Å². The number of hydrazone groups is 1. The lowest BCUT2D eigenvalue weighted by atomic mass is 9.82. The number of urea groups is 1. The van der Waals surface area contributed by atoms with E-state index in [2.05, 4.69) is 21.2 Å². The van der Waals surface area contributed by atoms with E-state index in [1.54, 1.807) is 6.26 Å². The van der Waals surface area contributed by atoms with Crippen molar-refractivity contribution in [2.45, 2.75) is 25.6 Å². The smallest absolute Gasteiger partial charge is 0.317 e. The van der Waals surface area contributed by atoms with Gasteiger partial charge in [-0.2, -0.15) is 5.10 Å². The number of nitrogens with one attached hydrogen (secondary N) is 3. The molecule has 6 nitrogen and oxygen atoms in total. The Bertz CT molecular complexity index is 482. The van der Waals surface area contributed by atoms with Crippen molar-refractivity contribution in [3.8, 4) is 0 Å². The van der Waals surface area contributed by atoms with E-state index in [-0.39, 0.29) is 18.0 Å². The zero-order valence-corrected chi connectivity index (χ0v) is 9.65. The molecule has 2 aliphatic rings. The molecule has 3 N–H and O–H groups in total. The molecule has 1 saturated heterocycles. The monoisotopic (exact) mass is 234 g/mol. The van der Waals surface area contributed by atoms with Crippen molar-refractivity contribution in [1.82, 2.24) is 16.1 Å². The van der Waals surface area contributed by atoms with Crippen LogP contribution in [0.15, 0.2) is 27.9 Å². The summed E-state index contributed by atoms with van der Waals surface area (Å²) in [7, 11) is 0. The molecular weight excluding hydrogens is 220 g/mol. The molecule has 1 fully saturated rings. The van der Waals surface area contributed by atoms with Crippen LogP contribution in [0.1, 0.15) is 25.6 Å². The van der Waals surface area contributed by atoms with Gasteiger partial charge in [-0.3, -0.25) is 5.43 Å². The van der Waals surface area contributed by atoms with Crippen LogP contribution in [0.25, 0.3) is 0 Å². The molecule has 0 aromatic carbocycles. The molecular formula is C11H14N4O2. The Morgan fingerprint density at radius 1 is 1.53 bits per heavy atom. The highest BCUT2D eigenvalue weighted by molar-refractivity contribution is 5.91. The molecule has 0 bridgehead atoms. The summed E-state index contributed by atoms with van der Waals surface area (Å²) in [6, 6.07) is 3.27. The first-order valence-corrected chi connectivity index (χ1v) is 5.53. The fourth-order valence-electron chi connectivity index (χ4n) is 2.64. The van der Waals surface area contributed by atoms with Crippen LogP contribution < -0.4 is 16.1 Å². The number of carbonyl (C=O) groups is 1. The third kappa shape index (κ3) is 1.40. The summed E-state index contributed by atoms with van der Waals surface area (Å²) in [5.41, 5.74) is 3.38. The summed E-state index contributed by atoms with van der Waals surface area (Å²) in [4.78, 5) is 11.7. The molecule has 6 heteroatoms. The van der Waals surface area contributed by atoms with Gasteiger partial charge in [0.25, 0.3) is 0 Å². The van der Waals surface area contributed by atoms with Crippen molar-refractivity contribution >= 4 is 11.7 Å². The van der Waals surface area contributed by atoms with E-state index in [1.165, 1.54) is 0 Å². The van der Waals surface area contributed by atoms with E-state index in [1.807, 2.05) is 26.0 Å². The maximum absolute atomic E-state index is 11.7. The van der Waals surface area contributed by atoms with Crippen LogP contribution in [-0.4, -0.2) is 17.4 Å². The molecule has 3 atom stereocenters. The average Bonchev–Trinajstić information content (AvgIpc) is 2.86. The lowest BCUT2D eigenvalue weighted by Crippen LogP contribution is -2.67. The Hall–Kier alpha value is -1.98. The molecule has 3 rings (SSSR count). The highest BCUT2D eigenvalue weighted by atomic mass is 16.3. The van der Waals surface area contributed by atoms with E-state index >= 15 is 0 Å². The molecule has 2 amide bonds. The number of hydrogen-bond acceptors (Lipinski definition) is 4. The van der Waals surface area contributed by atoms with Crippen molar-refractivity contribution in [2.24, 2.45) is 11.0 Å². The molecule has 0 radical (unpaired) electrons. The van der Waals surface area contributed by atoms with Crippen LogP contribution in [0.4, 0.5) is 4.79 Å². The Kier molecular flexibility index (Phi) is 1.95. The van der Waals surface area contributed by atoms with E-state index in [0.29, 0.717) is 0 Å². The molecule has 3 heterocycles. The summed E-state index contributed by atoms with van der Waals surface area (Å²) in [5, 5.41) is 9.96. The van der Waals surface area contributed by atoms with Crippen molar-refractivity contribution in [3.05, 3.63) is 24.2 Å². The maximum atomic E-state index is 11.7. The van der Waals surface area contributed by atoms with Crippen LogP contribution in [0.3, 0.4) is 0 Å². The van der Waals surface area contributed by atoms with E-state index in [4.69, 9.17) is 4.42 Å². The van der Waals surface area contributed by atoms with Crippen LogP contribution in [0, 0.1) is 5.92 Å². The van der Waals surface area contributed by atoms with Gasteiger partial charge in [-0.15, -0.1) is 0 Å². The zero-order chi connectivity index (χ0) is 12.0. The highest BCUT2D eigenvalue weighted by Gasteiger charge is 2.51. The van der Waals surface area contributed by atoms with Crippen molar-refractivity contribution in [3.63, 3.8) is 0 Å². The molecule has 0 unspecified atom stereocenters. The zero-order valence-electron chi connectivity index (χ0n) is 9.65. The van der Waals surface area contributed by atoms with Gasteiger partial charge in [0.1, 0.15) is 17.5 Å². The number of furan rings is 1. The summed E-state index contributed by atoms with van der Waals surface area (Å²) in [5.74, 6) is 0.778. The number of nitrogens with zero attached hydrogens (tertiary/aromatic N) is 1. The fraction of sp³-hybridized carbons (Fsp3) is 0.455. The van der Waals surface area contributed by atoms with Crippen LogP contribution in [0.2, 0.25) is 0 Å². The van der Waals surface area contributed by atoms with Gasteiger partial charge in [0.2, 0.25) is 0 Å². The Balaban J connectivity index is 2.02. The number of amides is 2. The second kappa shape index (κ2) is 3.26. The first kappa shape index (κ1) is 10.2. The molecule has 90 valence electrons. The predicted molar refractivity (Wildman–Crippen MR) is 61.3 cm³/mol. The molecule has 0 spiro atoms. The first-order chi connectivity index (χ1) is 8.10. The normalized spacial score (nSPS) is 35.4. The minimum Gasteiger partial charge on any atom is -0.467 e. The molecule has 1 aromatic rings. The van der Waals surface area contributed by atoms with Crippen molar-refractivity contribution < 1.29 is 9.21 Å². The second-order valence-electron chi connectivity index (χ2n) is 4.64. The van der Waals surface area contributed by atoms with Gasteiger partial charge in [0, 0.05) is 5.71 Å². The van der Waals surface area contributed by atoms with Gasteiger partial charge in [-0.25, -0.2) is 4.79 Å². The number of hydrogen-bond donors (Lipinski definition) is 3. The standard InChI is InChI=1S/C11H14N4O2/c1-6-8-9(7-4-3-5-17-7)12-10(16)13-11(8,2)15-14-6/h3-5,8-9,15H,1-2H3,(H2,12,13,16)/t8-,9+,11+/m1/s1. The van der Waals surface area contributed by atoms with E-state index in [0.717, 1.165) is 11.5 Å². The van der Waals surface area contributed by atoms with Crippen LogP contribution in [0.5, 0.6) is 0 Å². The van der Waals surface area contributed by atoms with Gasteiger partial charge >= 0.3 is 6.03 Å². The molecule has 0 aliphatic carbocycles. The van der Waals surface area contributed by atoms with Crippen molar-refractivity contribution in [1.29, 1.82) is 0 Å². The quantitative estimate of drug-likeness (QED) is 0.676. The Labute approximate surface area is 98.4 Å². The predicted octanol–water partition coefficient (Wildman–Crippen LogP) is 0.945. The van der Waals surface area contributed by atoms with Gasteiger partial charge < -0.3 is 15.1 Å². The first-order valence-electron chi connectivity index (χ1n) is 5.53. The van der Waals surface area contributed by atoms with Crippen molar-refractivity contribution in [2.75, 3.05) is 0 Å². The molecule has 1 aromatic heterocycles. The lowest BCUT2D eigenvalue weighted by Gasteiger charge is -2.41. The van der Waals surface area contributed by atoms with Gasteiger partial charge in [-0.05, 0) is 26.0 Å². The summed E-state index contributed by atoms with van der Waals surface area (Å²) >= 11 is 0. The summed E-state index contributed by atoms with van der Waals surface area (Å²) in [6.07, 6.45) is 1.61. The van der Waals surface area contributed by atoms with Gasteiger partial charge in [0.15, 0.2) is 0 Å².